The first kappa shape index (κ1) is 15.4. The van der Waals surface area contributed by atoms with Crippen LogP contribution in [0.25, 0.3) is 10.8 Å². The minimum atomic E-state index is -4.03. The number of benzene rings is 2. The normalized spacial score (nSPS) is 14.8. The lowest BCUT2D eigenvalue weighted by Crippen LogP contribution is -2.47. The van der Waals surface area contributed by atoms with E-state index in [1.54, 1.807) is 18.2 Å². The molecule has 7 heteroatoms. The second-order valence-corrected chi connectivity index (χ2v) is 6.40. The van der Waals surface area contributed by atoms with E-state index in [1.165, 1.54) is 19.1 Å². The Labute approximate surface area is 122 Å². The number of carboxylic acids is 1. The molecule has 0 fully saturated rings. The van der Waals surface area contributed by atoms with Gasteiger partial charge in [-0.1, -0.05) is 30.3 Å². The number of carbonyl (C=O) groups is 1. The van der Waals surface area contributed by atoms with Crippen molar-refractivity contribution in [2.75, 3.05) is 0 Å². The minimum Gasteiger partial charge on any atom is -0.480 e. The molecule has 112 valence electrons. The van der Waals surface area contributed by atoms with Crippen molar-refractivity contribution in [1.29, 1.82) is 0 Å². The zero-order valence-corrected chi connectivity index (χ0v) is 12.0. The SMILES string of the molecule is CC(O)C(NS(=O)(=O)c1ccc2ccccc2c1)C(=O)O. The van der Waals surface area contributed by atoms with Crippen molar-refractivity contribution in [3.63, 3.8) is 0 Å². The Hall–Kier alpha value is -1.96. The fourth-order valence-corrected chi connectivity index (χ4v) is 3.22. The van der Waals surface area contributed by atoms with Crippen molar-refractivity contribution < 1.29 is 23.4 Å². The lowest BCUT2D eigenvalue weighted by molar-refractivity contribution is -0.141. The van der Waals surface area contributed by atoms with Gasteiger partial charge in [-0.2, -0.15) is 4.72 Å². The molecule has 2 atom stereocenters. The predicted molar refractivity (Wildman–Crippen MR) is 77.4 cm³/mol. The molecule has 0 bridgehead atoms. The van der Waals surface area contributed by atoms with Gasteiger partial charge in [-0.25, -0.2) is 8.42 Å². The maximum absolute atomic E-state index is 12.2. The Kier molecular flexibility index (Phi) is 4.26. The van der Waals surface area contributed by atoms with Crippen LogP contribution >= 0.6 is 0 Å². The van der Waals surface area contributed by atoms with Crippen LogP contribution in [0, 0.1) is 0 Å². The molecule has 3 N–H and O–H groups in total. The molecule has 0 amide bonds. The van der Waals surface area contributed by atoms with Crippen LogP contribution in [-0.4, -0.2) is 36.7 Å². The molecule has 0 heterocycles. The second-order valence-electron chi connectivity index (χ2n) is 4.69. The van der Waals surface area contributed by atoms with E-state index >= 15 is 0 Å². The average molecular weight is 309 g/mol. The van der Waals surface area contributed by atoms with Gasteiger partial charge in [-0.15, -0.1) is 0 Å². The fourth-order valence-electron chi connectivity index (χ4n) is 1.92. The average Bonchev–Trinajstić information content (AvgIpc) is 2.43. The van der Waals surface area contributed by atoms with E-state index in [0.29, 0.717) is 0 Å². The van der Waals surface area contributed by atoms with Gasteiger partial charge in [0.05, 0.1) is 11.0 Å². The highest BCUT2D eigenvalue weighted by molar-refractivity contribution is 7.89. The Morgan fingerprint density at radius 2 is 1.76 bits per heavy atom. The van der Waals surface area contributed by atoms with Crippen LogP contribution in [0.5, 0.6) is 0 Å². The standard InChI is InChI=1S/C14H15NO5S/c1-9(16)13(14(17)18)15-21(19,20)12-7-6-10-4-2-3-5-11(10)8-12/h2-9,13,15-16H,1H3,(H,17,18). The predicted octanol–water partition coefficient (Wildman–Crippen LogP) is 0.952. The summed E-state index contributed by atoms with van der Waals surface area (Å²) >= 11 is 0. The summed E-state index contributed by atoms with van der Waals surface area (Å²) < 4.78 is 26.4. The highest BCUT2D eigenvalue weighted by atomic mass is 32.2. The van der Waals surface area contributed by atoms with Crippen molar-refractivity contribution in [1.82, 2.24) is 4.72 Å². The lowest BCUT2D eigenvalue weighted by atomic mass is 10.1. The summed E-state index contributed by atoms with van der Waals surface area (Å²) in [6, 6.07) is 10.1. The molecule has 0 aromatic heterocycles. The number of nitrogens with one attached hydrogen (secondary N) is 1. The molecular formula is C14H15NO5S. The molecule has 0 spiro atoms. The first-order valence-corrected chi connectivity index (χ1v) is 7.71. The third-order valence-electron chi connectivity index (χ3n) is 3.06. The number of fused-ring (bicyclic) bond motifs is 1. The van der Waals surface area contributed by atoms with E-state index in [2.05, 4.69) is 0 Å². The number of rotatable bonds is 5. The van der Waals surface area contributed by atoms with Crippen LogP contribution in [-0.2, 0) is 14.8 Å². The van der Waals surface area contributed by atoms with Crippen molar-refractivity contribution in [2.24, 2.45) is 0 Å². The highest BCUT2D eigenvalue weighted by Crippen LogP contribution is 2.19. The van der Waals surface area contributed by atoms with Gasteiger partial charge >= 0.3 is 5.97 Å². The first-order valence-electron chi connectivity index (χ1n) is 6.23. The third kappa shape index (κ3) is 3.38. The number of carboxylic acid groups (broad SMARTS) is 1. The molecular weight excluding hydrogens is 294 g/mol. The number of aliphatic carboxylic acids is 1. The van der Waals surface area contributed by atoms with Crippen LogP contribution in [0.4, 0.5) is 0 Å². The zero-order valence-electron chi connectivity index (χ0n) is 11.2. The van der Waals surface area contributed by atoms with Gasteiger partial charge in [0.15, 0.2) is 0 Å². The second kappa shape index (κ2) is 5.80. The minimum absolute atomic E-state index is 0.0481. The van der Waals surface area contributed by atoms with E-state index in [4.69, 9.17) is 5.11 Å². The highest BCUT2D eigenvalue weighted by Gasteiger charge is 2.29. The Balaban J connectivity index is 2.39. The smallest absolute Gasteiger partial charge is 0.324 e. The van der Waals surface area contributed by atoms with E-state index in [-0.39, 0.29) is 4.90 Å². The van der Waals surface area contributed by atoms with Gasteiger partial charge in [0.25, 0.3) is 0 Å². The van der Waals surface area contributed by atoms with Crippen LogP contribution in [0.1, 0.15) is 6.92 Å². The summed E-state index contributed by atoms with van der Waals surface area (Å²) in [7, 11) is -4.03. The number of hydrogen-bond donors (Lipinski definition) is 3. The largest absolute Gasteiger partial charge is 0.480 e. The Bertz CT molecular complexity index is 770. The van der Waals surface area contributed by atoms with Gasteiger partial charge in [0.1, 0.15) is 6.04 Å². The molecule has 0 radical (unpaired) electrons. The van der Waals surface area contributed by atoms with E-state index in [0.717, 1.165) is 10.8 Å². The van der Waals surface area contributed by atoms with Crippen molar-refractivity contribution >= 4 is 26.8 Å². The fraction of sp³-hybridized carbons (Fsp3) is 0.214. The molecule has 2 aromatic rings. The van der Waals surface area contributed by atoms with Gasteiger partial charge in [0, 0.05) is 0 Å². The van der Waals surface area contributed by atoms with Gasteiger partial charge in [0.2, 0.25) is 10.0 Å². The molecule has 2 aromatic carbocycles. The molecule has 0 aliphatic rings. The van der Waals surface area contributed by atoms with Crippen molar-refractivity contribution in [3.8, 4) is 0 Å². The third-order valence-corrected chi connectivity index (χ3v) is 4.50. The molecule has 0 aliphatic carbocycles. The number of aliphatic hydroxyl groups is 1. The van der Waals surface area contributed by atoms with Gasteiger partial charge in [-0.05, 0) is 29.8 Å². The van der Waals surface area contributed by atoms with Crippen LogP contribution in [0.3, 0.4) is 0 Å². The van der Waals surface area contributed by atoms with Crippen molar-refractivity contribution in [2.45, 2.75) is 24.0 Å². The first-order chi connectivity index (χ1) is 9.81. The summed E-state index contributed by atoms with van der Waals surface area (Å²) in [5.74, 6) is -1.44. The topological polar surface area (TPSA) is 104 Å². The summed E-state index contributed by atoms with van der Waals surface area (Å²) in [4.78, 5) is 10.9. The quantitative estimate of drug-likeness (QED) is 0.763. The number of sulfonamides is 1. The molecule has 2 rings (SSSR count). The number of aliphatic hydroxyl groups excluding tert-OH is 1. The summed E-state index contributed by atoms with van der Waals surface area (Å²) in [5, 5.41) is 19.9. The maximum atomic E-state index is 12.2. The van der Waals surface area contributed by atoms with E-state index in [1.807, 2.05) is 16.9 Å². The zero-order chi connectivity index (χ0) is 15.6. The molecule has 0 saturated carbocycles. The van der Waals surface area contributed by atoms with Crippen molar-refractivity contribution in [3.05, 3.63) is 42.5 Å². The molecule has 0 saturated heterocycles. The lowest BCUT2D eigenvalue weighted by Gasteiger charge is -2.17. The maximum Gasteiger partial charge on any atom is 0.324 e. The van der Waals surface area contributed by atoms with Crippen LogP contribution in [0.2, 0.25) is 0 Å². The molecule has 0 aliphatic heterocycles. The van der Waals surface area contributed by atoms with E-state index in [9.17, 15) is 18.3 Å². The summed E-state index contributed by atoms with van der Waals surface area (Å²) in [6.45, 7) is 1.21. The molecule has 2 unspecified atom stereocenters. The van der Waals surface area contributed by atoms with Gasteiger partial charge in [-0.3, -0.25) is 4.79 Å². The number of hydrogen-bond acceptors (Lipinski definition) is 4. The van der Waals surface area contributed by atoms with Crippen LogP contribution < -0.4 is 4.72 Å². The Morgan fingerprint density at radius 1 is 1.14 bits per heavy atom. The summed E-state index contributed by atoms with van der Waals surface area (Å²) in [6.07, 6.45) is -1.35. The van der Waals surface area contributed by atoms with Crippen LogP contribution in [0.15, 0.2) is 47.4 Å². The monoisotopic (exact) mass is 309 g/mol. The van der Waals surface area contributed by atoms with Gasteiger partial charge < -0.3 is 10.2 Å². The Morgan fingerprint density at radius 3 is 2.33 bits per heavy atom. The molecule has 21 heavy (non-hydrogen) atoms. The summed E-state index contributed by atoms with van der Waals surface area (Å²) in [5.41, 5.74) is 0. The molecule has 6 nitrogen and oxygen atoms in total. The van der Waals surface area contributed by atoms with E-state index < -0.39 is 28.1 Å².